The first kappa shape index (κ1) is 18.6. The molecule has 148 valence electrons. The number of carbonyl (C=O) groups is 1. The molecule has 6 nitrogen and oxygen atoms in total. The van der Waals surface area contributed by atoms with Crippen LogP contribution in [0.3, 0.4) is 0 Å². The normalized spacial score (nSPS) is 20.2. The molecule has 2 aromatic rings. The minimum Gasteiger partial charge on any atom is -0.486 e. The van der Waals surface area contributed by atoms with Crippen LogP contribution in [0.4, 0.5) is 0 Å². The summed E-state index contributed by atoms with van der Waals surface area (Å²) in [6, 6.07) is 15.4. The van der Waals surface area contributed by atoms with Gasteiger partial charge in [-0.05, 0) is 44.3 Å². The molecule has 0 bridgehead atoms. The Kier molecular flexibility index (Phi) is 5.39. The van der Waals surface area contributed by atoms with Crippen LogP contribution in [0.5, 0.6) is 17.2 Å². The largest absolute Gasteiger partial charge is 0.486 e. The lowest BCUT2D eigenvalue weighted by atomic mass is 9.90. The van der Waals surface area contributed by atoms with Gasteiger partial charge in [0.05, 0.1) is 6.54 Å². The minimum absolute atomic E-state index is 0.1000. The predicted molar refractivity (Wildman–Crippen MR) is 106 cm³/mol. The Morgan fingerprint density at radius 2 is 1.86 bits per heavy atom. The Morgan fingerprint density at radius 3 is 2.61 bits per heavy atom. The van der Waals surface area contributed by atoms with Gasteiger partial charge in [-0.2, -0.15) is 0 Å². The number of fused-ring (bicyclic) bond motifs is 1. The van der Waals surface area contributed by atoms with Crippen molar-refractivity contribution in [3.63, 3.8) is 0 Å². The van der Waals surface area contributed by atoms with Gasteiger partial charge in [-0.15, -0.1) is 0 Å². The summed E-state index contributed by atoms with van der Waals surface area (Å²) in [7, 11) is 0. The molecular formula is C22H26N2O4. The van der Waals surface area contributed by atoms with E-state index in [0.717, 1.165) is 24.4 Å². The van der Waals surface area contributed by atoms with Crippen molar-refractivity contribution >= 4 is 5.91 Å². The van der Waals surface area contributed by atoms with Crippen molar-refractivity contribution in [2.45, 2.75) is 31.5 Å². The van der Waals surface area contributed by atoms with E-state index in [0.29, 0.717) is 37.5 Å². The lowest BCUT2D eigenvalue weighted by Gasteiger charge is -2.37. The molecule has 2 N–H and O–H groups in total. The molecule has 0 aromatic heterocycles. The second kappa shape index (κ2) is 8.10. The summed E-state index contributed by atoms with van der Waals surface area (Å²) in [5.74, 6) is 2.06. The van der Waals surface area contributed by atoms with Crippen LogP contribution in [-0.4, -0.2) is 43.9 Å². The molecule has 1 fully saturated rings. The molecule has 1 atom stereocenters. The summed E-state index contributed by atoms with van der Waals surface area (Å²) in [5.41, 5.74) is 0.291. The number of carbonyl (C=O) groups excluding carboxylic acids is 1. The Morgan fingerprint density at radius 1 is 1.14 bits per heavy atom. The fourth-order valence-electron chi connectivity index (χ4n) is 3.57. The van der Waals surface area contributed by atoms with Crippen LogP contribution in [0.15, 0.2) is 48.5 Å². The SMILES string of the molecule is Cc1ccc(OC2(C(=O)NC[C@H]3COc4ccccc4O3)CCNCC2)cc1. The fourth-order valence-corrected chi connectivity index (χ4v) is 3.57. The maximum atomic E-state index is 13.1. The average Bonchev–Trinajstić information content (AvgIpc) is 2.74. The Labute approximate surface area is 165 Å². The number of para-hydroxylation sites is 2. The highest BCUT2D eigenvalue weighted by Crippen LogP contribution is 2.31. The minimum atomic E-state index is -0.867. The molecule has 28 heavy (non-hydrogen) atoms. The molecule has 6 heteroatoms. The zero-order chi connectivity index (χ0) is 19.4. The van der Waals surface area contributed by atoms with Crippen molar-refractivity contribution in [2.24, 2.45) is 0 Å². The van der Waals surface area contributed by atoms with E-state index in [2.05, 4.69) is 10.6 Å². The molecule has 0 saturated carbocycles. The molecule has 0 aliphatic carbocycles. The lowest BCUT2D eigenvalue weighted by Crippen LogP contribution is -2.58. The van der Waals surface area contributed by atoms with Gasteiger partial charge in [-0.25, -0.2) is 0 Å². The van der Waals surface area contributed by atoms with Crippen LogP contribution in [0.2, 0.25) is 0 Å². The second-order valence-corrected chi connectivity index (χ2v) is 7.37. The number of piperidine rings is 1. The first-order valence-electron chi connectivity index (χ1n) is 9.78. The molecule has 0 spiro atoms. The van der Waals surface area contributed by atoms with Crippen LogP contribution < -0.4 is 24.8 Å². The second-order valence-electron chi connectivity index (χ2n) is 7.37. The van der Waals surface area contributed by atoms with E-state index in [4.69, 9.17) is 14.2 Å². The van der Waals surface area contributed by atoms with Gasteiger partial charge in [-0.1, -0.05) is 29.8 Å². The number of rotatable bonds is 5. The molecular weight excluding hydrogens is 356 g/mol. The van der Waals surface area contributed by atoms with E-state index < -0.39 is 5.60 Å². The predicted octanol–water partition coefficient (Wildman–Crippen LogP) is 2.45. The molecule has 4 rings (SSSR count). The van der Waals surface area contributed by atoms with Gasteiger partial charge < -0.3 is 24.8 Å². The molecule has 2 aliphatic rings. The summed E-state index contributed by atoms with van der Waals surface area (Å²) in [4.78, 5) is 13.1. The van der Waals surface area contributed by atoms with E-state index >= 15 is 0 Å². The summed E-state index contributed by atoms with van der Waals surface area (Å²) < 4.78 is 17.9. The number of amides is 1. The van der Waals surface area contributed by atoms with Gasteiger partial charge in [0.25, 0.3) is 5.91 Å². The molecule has 0 radical (unpaired) electrons. The van der Waals surface area contributed by atoms with Crippen LogP contribution in [0, 0.1) is 6.92 Å². The standard InChI is InChI=1S/C22H26N2O4/c1-16-6-8-17(9-7-16)28-22(10-12-23-13-11-22)21(25)24-14-18-15-26-19-4-2-3-5-20(19)27-18/h2-9,18,23H,10-15H2,1H3,(H,24,25)/t18-/m0/s1. The van der Waals surface area contributed by atoms with Crippen LogP contribution in [-0.2, 0) is 4.79 Å². The number of benzene rings is 2. The van der Waals surface area contributed by atoms with Crippen LogP contribution in [0.25, 0.3) is 0 Å². The highest BCUT2D eigenvalue weighted by Gasteiger charge is 2.42. The summed E-state index contributed by atoms with van der Waals surface area (Å²) >= 11 is 0. The topological polar surface area (TPSA) is 68.8 Å². The fraction of sp³-hybridized carbons (Fsp3) is 0.409. The van der Waals surface area contributed by atoms with Gasteiger partial charge in [0, 0.05) is 12.8 Å². The van der Waals surface area contributed by atoms with Crippen molar-refractivity contribution in [1.82, 2.24) is 10.6 Å². The van der Waals surface area contributed by atoms with Gasteiger partial charge in [0.1, 0.15) is 18.5 Å². The van der Waals surface area contributed by atoms with Crippen molar-refractivity contribution in [1.29, 1.82) is 0 Å². The van der Waals surface area contributed by atoms with E-state index in [-0.39, 0.29) is 12.0 Å². The van der Waals surface area contributed by atoms with Gasteiger partial charge in [-0.3, -0.25) is 4.79 Å². The van der Waals surface area contributed by atoms with E-state index in [1.165, 1.54) is 0 Å². The highest BCUT2D eigenvalue weighted by molar-refractivity contribution is 5.85. The first-order valence-corrected chi connectivity index (χ1v) is 9.78. The third kappa shape index (κ3) is 4.07. The molecule has 0 unspecified atom stereocenters. The highest BCUT2D eigenvalue weighted by atomic mass is 16.6. The smallest absolute Gasteiger partial charge is 0.264 e. The molecule has 1 saturated heterocycles. The number of nitrogens with one attached hydrogen (secondary N) is 2. The summed E-state index contributed by atoms with van der Waals surface area (Å²) in [5, 5.41) is 6.33. The maximum Gasteiger partial charge on any atom is 0.264 e. The number of hydrogen-bond acceptors (Lipinski definition) is 5. The third-order valence-corrected chi connectivity index (χ3v) is 5.22. The van der Waals surface area contributed by atoms with Crippen molar-refractivity contribution in [3.05, 3.63) is 54.1 Å². The molecule has 2 aromatic carbocycles. The van der Waals surface area contributed by atoms with E-state index in [9.17, 15) is 4.79 Å². The Hall–Kier alpha value is -2.73. The third-order valence-electron chi connectivity index (χ3n) is 5.22. The van der Waals surface area contributed by atoms with E-state index in [1.807, 2.05) is 55.5 Å². The van der Waals surface area contributed by atoms with Crippen LogP contribution in [0.1, 0.15) is 18.4 Å². The zero-order valence-electron chi connectivity index (χ0n) is 16.1. The average molecular weight is 382 g/mol. The lowest BCUT2D eigenvalue weighted by molar-refractivity contribution is -0.139. The van der Waals surface area contributed by atoms with Crippen molar-refractivity contribution in [2.75, 3.05) is 26.2 Å². The summed E-state index contributed by atoms with van der Waals surface area (Å²) in [6.45, 7) is 4.30. The molecule has 1 amide bonds. The van der Waals surface area contributed by atoms with E-state index in [1.54, 1.807) is 0 Å². The van der Waals surface area contributed by atoms with Gasteiger partial charge in [0.15, 0.2) is 17.1 Å². The van der Waals surface area contributed by atoms with Crippen molar-refractivity contribution in [3.8, 4) is 17.2 Å². The summed E-state index contributed by atoms with van der Waals surface area (Å²) in [6.07, 6.45) is 1.02. The van der Waals surface area contributed by atoms with Gasteiger partial charge in [0.2, 0.25) is 0 Å². The monoisotopic (exact) mass is 382 g/mol. The number of ether oxygens (including phenoxy) is 3. The first-order chi connectivity index (χ1) is 13.6. The maximum absolute atomic E-state index is 13.1. The van der Waals surface area contributed by atoms with Gasteiger partial charge >= 0.3 is 0 Å². The number of hydrogen-bond donors (Lipinski definition) is 2. The molecule has 2 aliphatic heterocycles. The zero-order valence-corrected chi connectivity index (χ0v) is 16.1. The Bertz CT molecular complexity index is 816. The molecule has 2 heterocycles. The Balaban J connectivity index is 1.41. The van der Waals surface area contributed by atoms with Crippen molar-refractivity contribution < 1.29 is 19.0 Å². The quantitative estimate of drug-likeness (QED) is 0.831. The number of aryl methyl sites for hydroxylation is 1. The van der Waals surface area contributed by atoms with Crippen LogP contribution >= 0.6 is 0 Å².